The first-order valence-corrected chi connectivity index (χ1v) is 5.02. The Balaban J connectivity index is 2.61. The Morgan fingerprint density at radius 1 is 1.50 bits per heavy atom. The second-order valence-electron chi connectivity index (χ2n) is 3.92. The molecule has 0 bridgehead atoms. The summed E-state index contributed by atoms with van der Waals surface area (Å²) >= 11 is 0. The summed E-state index contributed by atoms with van der Waals surface area (Å²) in [4.78, 5) is 0. The molecule has 0 aromatic heterocycles. The summed E-state index contributed by atoms with van der Waals surface area (Å²) in [5.74, 6) is 0. The zero-order valence-corrected chi connectivity index (χ0v) is 8.38. The van der Waals surface area contributed by atoms with Crippen LogP contribution in [0.3, 0.4) is 0 Å². The first-order chi connectivity index (χ1) is 6.74. The lowest BCUT2D eigenvalue weighted by atomic mass is 9.84. The minimum atomic E-state index is 0.132. The Labute approximate surface area is 84.3 Å². The van der Waals surface area contributed by atoms with Crippen LogP contribution in [-0.4, -0.2) is 0 Å². The predicted molar refractivity (Wildman–Crippen MR) is 55.8 cm³/mol. The molecule has 0 saturated heterocycles. The summed E-state index contributed by atoms with van der Waals surface area (Å²) in [5.41, 5.74) is 10.5. The molecule has 1 aliphatic rings. The van der Waals surface area contributed by atoms with Crippen LogP contribution in [0.1, 0.15) is 41.1 Å². The van der Waals surface area contributed by atoms with Gasteiger partial charge < -0.3 is 5.73 Å². The molecule has 72 valence electrons. The minimum absolute atomic E-state index is 0.132. The zero-order chi connectivity index (χ0) is 10.1. The van der Waals surface area contributed by atoms with E-state index in [4.69, 9.17) is 11.0 Å². The van der Waals surface area contributed by atoms with Gasteiger partial charge in [-0.1, -0.05) is 6.07 Å². The molecule has 0 spiro atoms. The molecule has 0 fully saturated rings. The molecule has 0 saturated carbocycles. The number of nitriles is 1. The van der Waals surface area contributed by atoms with Crippen molar-refractivity contribution in [2.45, 2.75) is 32.2 Å². The van der Waals surface area contributed by atoms with Crippen molar-refractivity contribution in [1.29, 1.82) is 5.26 Å². The van der Waals surface area contributed by atoms with E-state index in [9.17, 15) is 0 Å². The topological polar surface area (TPSA) is 49.8 Å². The largest absolute Gasteiger partial charge is 0.324 e. The van der Waals surface area contributed by atoms with Crippen molar-refractivity contribution in [1.82, 2.24) is 0 Å². The molecule has 0 amide bonds. The van der Waals surface area contributed by atoms with Gasteiger partial charge in [0.1, 0.15) is 0 Å². The number of nitrogens with two attached hydrogens (primary N) is 1. The Hall–Kier alpha value is -1.33. The van der Waals surface area contributed by atoms with Gasteiger partial charge in [0.05, 0.1) is 11.6 Å². The first kappa shape index (κ1) is 9.23. The molecule has 1 aromatic carbocycles. The molecule has 1 aliphatic carbocycles. The van der Waals surface area contributed by atoms with Gasteiger partial charge in [-0.2, -0.15) is 5.26 Å². The minimum Gasteiger partial charge on any atom is -0.324 e. The monoisotopic (exact) mass is 186 g/mol. The van der Waals surface area contributed by atoms with Gasteiger partial charge in [-0.3, -0.25) is 0 Å². The van der Waals surface area contributed by atoms with Crippen molar-refractivity contribution in [3.05, 3.63) is 34.4 Å². The van der Waals surface area contributed by atoms with E-state index in [1.54, 1.807) is 0 Å². The van der Waals surface area contributed by atoms with Gasteiger partial charge in [0.2, 0.25) is 0 Å². The van der Waals surface area contributed by atoms with E-state index in [0.29, 0.717) is 0 Å². The van der Waals surface area contributed by atoms with Gasteiger partial charge in [0.15, 0.2) is 0 Å². The van der Waals surface area contributed by atoms with Gasteiger partial charge in [0, 0.05) is 6.04 Å². The normalized spacial score (nSPS) is 19.9. The van der Waals surface area contributed by atoms with Crippen LogP contribution in [0, 0.1) is 18.3 Å². The lowest BCUT2D eigenvalue weighted by molar-refractivity contribution is 0.567. The Kier molecular flexibility index (Phi) is 2.26. The summed E-state index contributed by atoms with van der Waals surface area (Å²) < 4.78 is 0. The average molecular weight is 186 g/mol. The van der Waals surface area contributed by atoms with Crippen molar-refractivity contribution in [2.75, 3.05) is 0 Å². The molecular formula is C12H14N2. The summed E-state index contributed by atoms with van der Waals surface area (Å²) in [7, 11) is 0. The zero-order valence-electron chi connectivity index (χ0n) is 8.38. The summed E-state index contributed by atoms with van der Waals surface area (Å²) in [6.45, 7) is 2.00. The predicted octanol–water partition coefficient (Wildman–Crippen LogP) is 2.20. The third kappa shape index (κ3) is 1.30. The quantitative estimate of drug-likeness (QED) is 0.675. The molecule has 1 aromatic rings. The smallest absolute Gasteiger partial charge is 0.0994 e. The van der Waals surface area contributed by atoms with E-state index in [0.717, 1.165) is 24.0 Å². The number of benzene rings is 1. The highest BCUT2D eigenvalue weighted by Crippen LogP contribution is 2.31. The molecule has 2 heteroatoms. The fourth-order valence-electron chi connectivity index (χ4n) is 2.30. The van der Waals surface area contributed by atoms with E-state index < -0.39 is 0 Å². The van der Waals surface area contributed by atoms with Crippen molar-refractivity contribution < 1.29 is 0 Å². The number of hydrogen-bond acceptors (Lipinski definition) is 2. The van der Waals surface area contributed by atoms with Crippen LogP contribution in [0.4, 0.5) is 0 Å². The standard InChI is InChI=1S/C12H14N2/c1-8-10(7-13)6-5-9-3-2-4-11(14)12(8)9/h5-6,11H,2-4,14H2,1H3/t11-/m0/s1. The molecule has 0 radical (unpaired) electrons. The van der Waals surface area contributed by atoms with Crippen molar-refractivity contribution >= 4 is 0 Å². The second-order valence-corrected chi connectivity index (χ2v) is 3.92. The van der Waals surface area contributed by atoms with Crippen LogP contribution in [-0.2, 0) is 6.42 Å². The highest BCUT2D eigenvalue weighted by atomic mass is 14.6. The summed E-state index contributed by atoms with van der Waals surface area (Å²) in [6, 6.07) is 6.31. The SMILES string of the molecule is Cc1c(C#N)ccc2c1[C@@H](N)CCC2. The van der Waals surface area contributed by atoms with Crippen molar-refractivity contribution in [3.63, 3.8) is 0 Å². The number of nitrogens with zero attached hydrogens (tertiary/aromatic N) is 1. The average Bonchev–Trinajstić information content (AvgIpc) is 2.18. The maximum Gasteiger partial charge on any atom is 0.0994 e. The lowest BCUT2D eigenvalue weighted by Crippen LogP contribution is -2.19. The molecule has 2 N–H and O–H groups in total. The van der Waals surface area contributed by atoms with E-state index in [2.05, 4.69) is 12.1 Å². The fraction of sp³-hybridized carbons (Fsp3) is 0.417. The molecule has 2 rings (SSSR count). The van der Waals surface area contributed by atoms with Crippen LogP contribution in [0.5, 0.6) is 0 Å². The van der Waals surface area contributed by atoms with Crippen LogP contribution >= 0.6 is 0 Å². The van der Waals surface area contributed by atoms with Crippen LogP contribution in [0.25, 0.3) is 0 Å². The number of hydrogen-bond donors (Lipinski definition) is 1. The lowest BCUT2D eigenvalue weighted by Gasteiger charge is -2.24. The van der Waals surface area contributed by atoms with Gasteiger partial charge in [0.25, 0.3) is 0 Å². The number of aryl methyl sites for hydroxylation is 1. The van der Waals surface area contributed by atoms with E-state index in [1.165, 1.54) is 17.5 Å². The maximum absolute atomic E-state index is 8.92. The van der Waals surface area contributed by atoms with Crippen molar-refractivity contribution in [3.8, 4) is 6.07 Å². The van der Waals surface area contributed by atoms with Crippen LogP contribution in [0.15, 0.2) is 12.1 Å². The highest BCUT2D eigenvalue weighted by Gasteiger charge is 2.19. The van der Waals surface area contributed by atoms with Gasteiger partial charge >= 0.3 is 0 Å². The third-order valence-corrected chi connectivity index (χ3v) is 3.06. The molecule has 0 aliphatic heterocycles. The second kappa shape index (κ2) is 3.43. The number of rotatable bonds is 0. The Morgan fingerprint density at radius 2 is 2.29 bits per heavy atom. The van der Waals surface area contributed by atoms with E-state index >= 15 is 0 Å². The highest BCUT2D eigenvalue weighted by molar-refractivity contribution is 5.48. The fourth-order valence-corrected chi connectivity index (χ4v) is 2.30. The van der Waals surface area contributed by atoms with E-state index in [-0.39, 0.29) is 6.04 Å². The molecule has 0 heterocycles. The van der Waals surface area contributed by atoms with Crippen LogP contribution < -0.4 is 5.73 Å². The molecular weight excluding hydrogens is 172 g/mol. The Morgan fingerprint density at radius 3 is 3.00 bits per heavy atom. The van der Waals surface area contributed by atoms with Gasteiger partial charge in [-0.15, -0.1) is 0 Å². The Bertz CT molecular complexity index is 402. The first-order valence-electron chi connectivity index (χ1n) is 5.02. The molecule has 2 nitrogen and oxygen atoms in total. The van der Waals surface area contributed by atoms with Gasteiger partial charge in [-0.05, 0) is 48.9 Å². The molecule has 14 heavy (non-hydrogen) atoms. The van der Waals surface area contributed by atoms with Crippen molar-refractivity contribution in [2.24, 2.45) is 5.73 Å². The maximum atomic E-state index is 8.92. The van der Waals surface area contributed by atoms with Gasteiger partial charge in [-0.25, -0.2) is 0 Å². The molecule has 0 unspecified atom stereocenters. The summed E-state index contributed by atoms with van der Waals surface area (Å²) in [5, 5.41) is 8.92. The number of fused-ring (bicyclic) bond motifs is 1. The van der Waals surface area contributed by atoms with Crippen LogP contribution in [0.2, 0.25) is 0 Å². The molecule has 1 atom stereocenters. The van der Waals surface area contributed by atoms with E-state index in [1.807, 2.05) is 13.0 Å². The summed E-state index contributed by atoms with van der Waals surface area (Å²) in [6.07, 6.45) is 3.32. The third-order valence-electron chi connectivity index (χ3n) is 3.06.